The van der Waals surface area contributed by atoms with Crippen molar-refractivity contribution in [2.24, 2.45) is 10.8 Å². The van der Waals surface area contributed by atoms with Gasteiger partial charge in [-0.05, 0) is 158 Å². The standard InChI is InChI=1S/2C34H33BrN8O3/c2*1-19-5-8-31(35)39-26(19)10-29(45)28-11-34(17-41-15-20(2)38-18-41)12-30(34)43(28)32(46)16-42-27-7-6-23(24-13-36-22(4)37-14-24)9-25(27)33(40-42)21(3)44/h2*5-9,13-15,18,28,30H,10-12,16-17H2,1-4H3/t28-,30+,34-;28-,30-,34+/m01/s1. The van der Waals surface area contributed by atoms with E-state index in [9.17, 15) is 28.8 Å². The Kier molecular flexibility index (Phi) is 16.2. The normalized spacial score (nSPS) is 20.2. The molecule has 2 aliphatic heterocycles. The van der Waals surface area contributed by atoms with Gasteiger partial charge in [0.25, 0.3) is 0 Å². The fraction of sp³-hybridized carbons (Fsp3) is 0.353. The highest BCUT2D eigenvalue weighted by atomic mass is 79.9. The van der Waals surface area contributed by atoms with Gasteiger partial charge in [-0.25, -0.2) is 39.9 Å². The lowest BCUT2D eigenvalue weighted by atomic mass is 9.94. The number of aryl methyl sites for hydroxylation is 6. The van der Waals surface area contributed by atoms with Crippen molar-refractivity contribution in [2.45, 2.75) is 144 Å². The van der Waals surface area contributed by atoms with Crippen LogP contribution in [0.15, 0.2) is 120 Å². The summed E-state index contributed by atoms with van der Waals surface area (Å²) in [5.74, 6) is 0.487. The average Bonchev–Trinajstić information content (AvgIpc) is 1.54. The summed E-state index contributed by atoms with van der Waals surface area (Å²) >= 11 is 6.85. The summed E-state index contributed by atoms with van der Waals surface area (Å²) in [4.78, 5) is 120. The van der Waals surface area contributed by atoms with Gasteiger partial charge in [0.05, 0.1) is 71.4 Å². The summed E-state index contributed by atoms with van der Waals surface area (Å²) in [6.45, 7) is 15.5. The van der Waals surface area contributed by atoms with Gasteiger partial charge in [-0.1, -0.05) is 24.3 Å². The number of rotatable bonds is 18. The molecule has 8 aromatic heterocycles. The van der Waals surface area contributed by atoms with Crippen LogP contribution < -0.4 is 0 Å². The minimum atomic E-state index is -0.585. The quantitative estimate of drug-likeness (QED) is 0.0572. The number of piperidine rings is 2. The van der Waals surface area contributed by atoms with E-state index in [1.165, 1.54) is 13.8 Å². The van der Waals surface area contributed by atoms with Gasteiger partial charge in [0.15, 0.2) is 23.1 Å². The largest absolute Gasteiger partial charge is 0.337 e. The van der Waals surface area contributed by atoms with E-state index in [1.807, 2.05) is 127 Å². The second-order valence-corrected chi connectivity index (χ2v) is 26.9. The summed E-state index contributed by atoms with van der Waals surface area (Å²) in [5.41, 5.74) is 9.95. The number of amides is 2. The average molecular weight is 1360 g/mol. The number of carbonyl (C=O) groups is 6. The van der Waals surface area contributed by atoms with E-state index in [1.54, 1.807) is 44.0 Å². The zero-order valence-corrected chi connectivity index (χ0v) is 55.3. The Balaban J connectivity index is 0.000000168. The smallest absolute Gasteiger partial charge is 0.245 e. The number of fused-ring (bicyclic) bond motifs is 4. The number of Topliss-reactive ketones (excluding diaryl/α,β-unsaturated/α-hetero) is 4. The lowest BCUT2D eigenvalue weighted by molar-refractivity contribution is -0.139. The fourth-order valence-corrected chi connectivity index (χ4v) is 14.5. The summed E-state index contributed by atoms with van der Waals surface area (Å²) in [6, 6.07) is 17.6. The molecule has 14 rings (SSSR count). The highest BCUT2D eigenvalue weighted by Crippen LogP contribution is 2.62. The summed E-state index contributed by atoms with van der Waals surface area (Å²) in [7, 11) is 0. The molecular weight excluding hydrogens is 1300 g/mol. The molecule has 4 aliphatic rings. The first kappa shape index (κ1) is 61.7. The van der Waals surface area contributed by atoms with Crippen LogP contribution >= 0.6 is 31.9 Å². The molecule has 0 unspecified atom stereocenters. The van der Waals surface area contributed by atoms with E-state index in [0.29, 0.717) is 91.4 Å². The van der Waals surface area contributed by atoms with Crippen LogP contribution in [0.1, 0.15) is 106 Å². The SMILES string of the molecule is CC(=O)c1nn(CC(=O)N2[C@@H](C(=O)Cc3nc(Br)ccc3C)C[C@@]3(Cn4cnc(C)c4)C[C@@H]23)c2ccc(-c3cnc(C)nc3)cc12.CC(=O)c1nn(CC(=O)N2[C@H](C(=O)Cc3nc(Br)ccc3C)C[C@@]3(Cn4cnc(C)c4)C[C@@H]23)c2ccc(-c3cnc(C)nc3)cc12. The van der Waals surface area contributed by atoms with Crippen molar-refractivity contribution in [3.63, 3.8) is 0 Å². The molecule has 92 heavy (non-hydrogen) atoms. The van der Waals surface area contributed by atoms with Crippen molar-refractivity contribution < 1.29 is 28.8 Å². The molecule has 0 bridgehead atoms. The second-order valence-electron chi connectivity index (χ2n) is 25.3. The van der Waals surface area contributed by atoms with E-state index in [4.69, 9.17) is 0 Å². The number of ketones is 4. The van der Waals surface area contributed by atoms with Crippen molar-refractivity contribution in [3.8, 4) is 22.3 Å². The molecule has 0 radical (unpaired) electrons. The monoisotopic (exact) mass is 1360 g/mol. The van der Waals surface area contributed by atoms with E-state index >= 15 is 0 Å². The molecular formula is C68H66Br2N16O6. The minimum absolute atomic E-state index is 0.0323. The number of benzene rings is 2. The van der Waals surface area contributed by atoms with E-state index in [-0.39, 0.29) is 83.8 Å². The molecule has 4 fully saturated rings. The topological polar surface area (TPSA) is 258 Å². The highest BCUT2D eigenvalue weighted by Gasteiger charge is 2.68. The number of aromatic nitrogens is 14. The summed E-state index contributed by atoms with van der Waals surface area (Å²) in [6.07, 6.45) is 17.6. The van der Waals surface area contributed by atoms with Crippen LogP contribution in [0.25, 0.3) is 44.1 Å². The number of nitrogens with zero attached hydrogens (tertiary/aromatic N) is 16. The van der Waals surface area contributed by atoms with Crippen LogP contribution in [0.5, 0.6) is 0 Å². The zero-order valence-electron chi connectivity index (χ0n) is 52.1. The zero-order chi connectivity index (χ0) is 64.7. The van der Waals surface area contributed by atoms with Crippen LogP contribution in [-0.2, 0) is 58.2 Å². The Morgan fingerprint density at radius 1 is 0.500 bits per heavy atom. The molecule has 10 aromatic rings. The Hall–Kier alpha value is -9.16. The van der Waals surface area contributed by atoms with E-state index < -0.39 is 12.1 Å². The second kappa shape index (κ2) is 24.1. The molecule has 22 nitrogen and oxygen atoms in total. The first-order chi connectivity index (χ1) is 44.0. The number of hydrogen-bond acceptors (Lipinski definition) is 16. The molecule has 10 heterocycles. The third kappa shape index (κ3) is 12.0. The fourth-order valence-electron chi connectivity index (χ4n) is 13.8. The Labute approximate surface area is 546 Å². The van der Waals surface area contributed by atoms with Crippen LogP contribution in [0.3, 0.4) is 0 Å². The van der Waals surface area contributed by atoms with Gasteiger partial charge in [-0.2, -0.15) is 10.2 Å². The molecule has 0 N–H and O–H groups in total. The molecule has 2 amide bonds. The predicted octanol–water partition coefficient (Wildman–Crippen LogP) is 9.69. The Bertz CT molecular complexity index is 4360. The molecule has 468 valence electrons. The number of likely N-dealkylation sites (tertiary alicyclic amines) is 2. The third-order valence-electron chi connectivity index (χ3n) is 18.7. The van der Waals surface area contributed by atoms with Gasteiger partial charge in [0, 0.05) is 109 Å². The lowest BCUT2D eigenvalue weighted by Gasteiger charge is -2.27. The predicted molar refractivity (Wildman–Crippen MR) is 348 cm³/mol. The molecule has 2 aliphatic carbocycles. The number of halogens is 2. The van der Waals surface area contributed by atoms with E-state index in [0.717, 1.165) is 57.6 Å². The molecule has 2 aromatic carbocycles. The molecule has 6 atom stereocenters. The minimum Gasteiger partial charge on any atom is -0.337 e. The van der Waals surface area contributed by atoms with Gasteiger partial charge in [-0.15, -0.1) is 0 Å². The van der Waals surface area contributed by atoms with Crippen LogP contribution in [0, 0.1) is 52.4 Å². The van der Waals surface area contributed by atoms with E-state index in [2.05, 4.69) is 91.1 Å². The van der Waals surface area contributed by atoms with Gasteiger partial charge in [0.2, 0.25) is 11.8 Å². The van der Waals surface area contributed by atoms with Gasteiger partial charge >= 0.3 is 0 Å². The number of imidazole rings is 2. The number of carbonyl (C=O) groups excluding carboxylic acids is 6. The highest BCUT2D eigenvalue weighted by molar-refractivity contribution is 9.10. The van der Waals surface area contributed by atoms with Crippen LogP contribution in [-0.4, -0.2) is 137 Å². The molecule has 2 saturated heterocycles. The van der Waals surface area contributed by atoms with Crippen molar-refractivity contribution >= 4 is 88.6 Å². The van der Waals surface area contributed by atoms with Crippen molar-refractivity contribution in [3.05, 3.63) is 177 Å². The number of hydrogen-bond donors (Lipinski definition) is 0. The van der Waals surface area contributed by atoms with Crippen LogP contribution in [0.4, 0.5) is 0 Å². The summed E-state index contributed by atoms with van der Waals surface area (Å²) < 4.78 is 8.63. The van der Waals surface area contributed by atoms with Crippen molar-refractivity contribution in [1.82, 2.24) is 78.4 Å². The summed E-state index contributed by atoms with van der Waals surface area (Å²) in [5, 5.41) is 10.5. The first-order valence-corrected chi connectivity index (χ1v) is 32.1. The van der Waals surface area contributed by atoms with Gasteiger partial charge in [0.1, 0.15) is 45.3 Å². The third-order valence-corrected chi connectivity index (χ3v) is 19.5. The lowest BCUT2D eigenvalue weighted by Crippen LogP contribution is -2.45. The molecule has 2 saturated carbocycles. The van der Waals surface area contributed by atoms with Crippen molar-refractivity contribution in [1.29, 1.82) is 0 Å². The maximum absolute atomic E-state index is 14.3. The maximum atomic E-state index is 14.3. The van der Waals surface area contributed by atoms with Crippen molar-refractivity contribution in [2.75, 3.05) is 0 Å². The molecule has 24 heteroatoms. The first-order valence-electron chi connectivity index (χ1n) is 30.5. The Morgan fingerprint density at radius 2 is 0.891 bits per heavy atom. The van der Waals surface area contributed by atoms with Crippen LogP contribution in [0.2, 0.25) is 0 Å². The van der Waals surface area contributed by atoms with Gasteiger partial charge in [-0.3, -0.25) is 38.1 Å². The molecule has 0 spiro atoms. The van der Waals surface area contributed by atoms with Gasteiger partial charge < -0.3 is 18.9 Å². The maximum Gasteiger partial charge on any atom is 0.245 e. The Morgan fingerprint density at radius 3 is 1.25 bits per heavy atom. The number of pyridine rings is 2.